The zero-order valence-electron chi connectivity index (χ0n) is 10.4. The Kier molecular flexibility index (Phi) is 4.36. The number of carbonyl (C=O) groups excluding carboxylic acids is 1. The zero-order valence-corrected chi connectivity index (χ0v) is 11.1. The van der Waals surface area contributed by atoms with Crippen LogP contribution in [0.3, 0.4) is 0 Å². The summed E-state index contributed by atoms with van der Waals surface area (Å²) in [7, 11) is 0. The molecule has 0 saturated heterocycles. The van der Waals surface area contributed by atoms with Gasteiger partial charge in [-0.15, -0.1) is 0 Å². The summed E-state index contributed by atoms with van der Waals surface area (Å²) in [6, 6.07) is 15.0. The Bertz CT molecular complexity index is 665. The molecule has 100 valence electrons. The number of rotatable bonds is 3. The van der Waals surface area contributed by atoms with Gasteiger partial charge in [-0.3, -0.25) is 4.79 Å². The molecule has 0 spiro atoms. The zero-order chi connectivity index (χ0) is 14.5. The standard InChI is InChI=1S/C15H11ClN2O2/c16-12-7-6-11(9-17)13(8-12)18-15(20)14(19)10-4-2-1-3-5-10/h1-8,14,19H,(H,18,20). The number of nitrogens with one attached hydrogen (secondary N) is 1. The third-order valence-electron chi connectivity index (χ3n) is 2.72. The third-order valence-corrected chi connectivity index (χ3v) is 2.96. The summed E-state index contributed by atoms with van der Waals surface area (Å²) in [4.78, 5) is 12.0. The first kappa shape index (κ1) is 14.1. The van der Waals surface area contributed by atoms with Crippen molar-refractivity contribution in [3.8, 4) is 6.07 Å². The number of anilines is 1. The van der Waals surface area contributed by atoms with Crippen LogP contribution in [0, 0.1) is 11.3 Å². The van der Waals surface area contributed by atoms with E-state index in [1.807, 2.05) is 6.07 Å². The van der Waals surface area contributed by atoms with Crippen LogP contribution in [0.5, 0.6) is 0 Å². The predicted octanol–water partition coefficient (Wildman–Crippen LogP) is 2.88. The van der Waals surface area contributed by atoms with E-state index in [0.29, 0.717) is 10.6 Å². The topological polar surface area (TPSA) is 73.1 Å². The van der Waals surface area contributed by atoms with Crippen molar-refractivity contribution in [2.45, 2.75) is 6.10 Å². The average molecular weight is 287 g/mol. The van der Waals surface area contributed by atoms with Gasteiger partial charge in [0.15, 0.2) is 6.10 Å². The van der Waals surface area contributed by atoms with E-state index in [-0.39, 0.29) is 11.3 Å². The number of amides is 1. The van der Waals surface area contributed by atoms with Gasteiger partial charge in [0, 0.05) is 5.02 Å². The van der Waals surface area contributed by atoms with Crippen LogP contribution in [0.1, 0.15) is 17.2 Å². The molecule has 4 nitrogen and oxygen atoms in total. The summed E-state index contributed by atoms with van der Waals surface area (Å²) in [5.41, 5.74) is 1.04. The van der Waals surface area contributed by atoms with Gasteiger partial charge in [-0.25, -0.2) is 0 Å². The van der Waals surface area contributed by atoms with Gasteiger partial charge in [-0.1, -0.05) is 41.9 Å². The maximum absolute atomic E-state index is 12.0. The SMILES string of the molecule is N#Cc1ccc(Cl)cc1NC(=O)C(O)c1ccccc1. The molecule has 2 aromatic carbocycles. The van der Waals surface area contributed by atoms with Crippen molar-refractivity contribution in [1.82, 2.24) is 0 Å². The molecule has 0 aliphatic carbocycles. The molecule has 0 aliphatic heterocycles. The Morgan fingerprint density at radius 3 is 2.60 bits per heavy atom. The lowest BCUT2D eigenvalue weighted by Crippen LogP contribution is -2.21. The molecule has 0 radical (unpaired) electrons. The predicted molar refractivity (Wildman–Crippen MR) is 76.2 cm³/mol. The number of aliphatic hydroxyl groups excluding tert-OH is 1. The molecule has 1 atom stereocenters. The van der Waals surface area contributed by atoms with E-state index >= 15 is 0 Å². The van der Waals surface area contributed by atoms with Gasteiger partial charge in [0.1, 0.15) is 6.07 Å². The summed E-state index contributed by atoms with van der Waals surface area (Å²) in [6.45, 7) is 0. The molecule has 0 fully saturated rings. The van der Waals surface area contributed by atoms with Crippen molar-refractivity contribution in [2.24, 2.45) is 0 Å². The smallest absolute Gasteiger partial charge is 0.257 e. The number of aliphatic hydroxyl groups is 1. The normalized spacial score (nSPS) is 11.4. The van der Waals surface area contributed by atoms with E-state index in [0.717, 1.165) is 0 Å². The number of hydrogen-bond donors (Lipinski definition) is 2. The van der Waals surface area contributed by atoms with E-state index in [1.54, 1.807) is 36.4 Å². The molecular weight excluding hydrogens is 276 g/mol. The minimum Gasteiger partial charge on any atom is -0.378 e. The maximum atomic E-state index is 12.0. The lowest BCUT2D eigenvalue weighted by molar-refractivity contribution is -0.124. The van der Waals surface area contributed by atoms with Crippen molar-refractivity contribution < 1.29 is 9.90 Å². The maximum Gasteiger partial charge on any atom is 0.257 e. The molecule has 0 aliphatic rings. The lowest BCUT2D eigenvalue weighted by Gasteiger charge is -2.12. The molecule has 0 aromatic heterocycles. The number of halogens is 1. The van der Waals surface area contributed by atoms with Gasteiger partial charge >= 0.3 is 0 Å². The first-order chi connectivity index (χ1) is 9.61. The number of nitrogens with zero attached hydrogens (tertiary/aromatic N) is 1. The second-order valence-corrected chi connectivity index (χ2v) is 4.54. The van der Waals surface area contributed by atoms with Crippen molar-refractivity contribution in [3.05, 3.63) is 64.7 Å². The number of hydrogen-bond acceptors (Lipinski definition) is 3. The van der Waals surface area contributed by atoms with Crippen molar-refractivity contribution in [1.29, 1.82) is 5.26 Å². The molecule has 20 heavy (non-hydrogen) atoms. The third kappa shape index (κ3) is 3.15. The summed E-state index contributed by atoms with van der Waals surface area (Å²) in [5.74, 6) is -0.616. The molecular formula is C15H11ClN2O2. The highest BCUT2D eigenvalue weighted by molar-refractivity contribution is 6.31. The van der Waals surface area contributed by atoms with E-state index in [4.69, 9.17) is 16.9 Å². The lowest BCUT2D eigenvalue weighted by atomic mass is 10.1. The molecule has 2 N–H and O–H groups in total. The van der Waals surface area contributed by atoms with Crippen molar-refractivity contribution in [3.63, 3.8) is 0 Å². The Labute approximate surface area is 121 Å². The van der Waals surface area contributed by atoms with Crippen LogP contribution in [0.4, 0.5) is 5.69 Å². The number of carbonyl (C=O) groups is 1. The summed E-state index contributed by atoms with van der Waals surface area (Å²) in [5, 5.41) is 21.8. The van der Waals surface area contributed by atoms with E-state index in [1.165, 1.54) is 12.1 Å². The second-order valence-electron chi connectivity index (χ2n) is 4.10. The number of nitriles is 1. The average Bonchev–Trinajstić information content (AvgIpc) is 2.47. The van der Waals surface area contributed by atoms with Gasteiger partial charge < -0.3 is 10.4 Å². The molecule has 5 heteroatoms. The van der Waals surface area contributed by atoms with Gasteiger partial charge in [0.05, 0.1) is 11.3 Å². The summed E-state index contributed by atoms with van der Waals surface area (Å²) >= 11 is 5.83. The van der Waals surface area contributed by atoms with Gasteiger partial charge in [-0.2, -0.15) is 5.26 Å². The van der Waals surface area contributed by atoms with Crippen molar-refractivity contribution in [2.75, 3.05) is 5.32 Å². The Balaban J connectivity index is 2.20. The van der Waals surface area contributed by atoms with Crippen LogP contribution >= 0.6 is 11.6 Å². The second kappa shape index (κ2) is 6.20. The Hall–Kier alpha value is -2.35. The molecule has 1 unspecified atom stereocenters. The fourth-order valence-electron chi connectivity index (χ4n) is 1.71. The minimum absolute atomic E-state index is 0.278. The monoisotopic (exact) mass is 286 g/mol. The van der Waals surface area contributed by atoms with Crippen LogP contribution in [-0.4, -0.2) is 11.0 Å². The molecule has 0 bridgehead atoms. The largest absolute Gasteiger partial charge is 0.378 e. The van der Waals surface area contributed by atoms with Crippen LogP contribution in [0.15, 0.2) is 48.5 Å². The van der Waals surface area contributed by atoms with Gasteiger partial charge in [0.25, 0.3) is 5.91 Å². The molecule has 2 aromatic rings. The molecule has 0 saturated carbocycles. The molecule has 2 rings (SSSR count). The summed E-state index contributed by atoms with van der Waals surface area (Å²) < 4.78 is 0. The van der Waals surface area contributed by atoms with Crippen LogP contribution in [0.2, 0.25) is 5.02 Å². The van der Waals surface area contributed by atoms with E-state index in [9.17, 15) is 9.90 Å². The first-order valence-electron chi connectivity index (χ1n) is 5.85. The molecule has 0 heterocycles. The molecule has 1 amide bonds. The van der Waals surface area contributed by atoms with Crippen LogP contribution < -0.4 is 5.32 Å². The Morgan fingerprint density at radius 2 is 1.95 bits per heavy atom. The summed E-state index contributed by atoms with van der Waals surface area (Å²) in [6.07, 6.45) is -1.30. The van der Waals surface area contributed by atoms with Crippen LogP contribution in [0.25, 0.3) is 0 Å². The number of benzene rings is 2. The first-order valence-corrected chi connectivity index (χ1v) is 6.23. The van der Waals surface area contributed by atoms with Gasteiger partial charge in [0.2, 0.25) is 0 Å². The van der Waals surface area contributed by atoms with Gasteiger partial charge in [-0.05, 0) is 23.8 Å². The Morgan fingerprint density at radius 1 is 1.25 bits per heavy atom. The quantitative estimate of drug-likeness (QED) is 0.911. The minimum atomic E-state index is -1.30. The van der Waals surface area contributed by atoms with Crippen molar-refractivity contribution >= 4 is 23.2 Å². The highest BCUT2D eigenvalue weighted by Gasteiger charge is 2.18. The van der Waals surface area contributed by atoms with E-state index in [2.05, 4.69) is 5.32 Å². The van der Waals surface area contributed by atoms with Crippen LogP contribution in [-0.2, 0) is 4.79 Å². The highest BCUT2D eigenvalue weighted by atomic mass is 35.5. The highest BCUT2D eigenvalue weighted by Crippen LogP contribution is 2.22. The fraction of sp³-hybridized carbons (Fsp3) is 0.0667. The fourth-order valence-corrected chi connectivity index (χ4v) is 1.88. The van der Waals surface area contributed by atoms with E-state index < -0.39 is 12.0 Å².